The maximum absolute atomic E-state index is 12.5. The highest BCUT2D eigenvalue weighted by Gasteiger charge is 2.46. The van der Waals surface area contributed by atoms with Crippen LogP contribution in [0.25, 0.3) is 0 Å². The molecule has 0 unspecified atom stereocenters. The van der Waals surface area contributed by atoms with Gasteiger partial charge in [-0.15, -0.1) is 0 Å². The molecule has 26 heavy (non-hydrogen) atoms. The number of aliphatic carboxylic acids is 1. The van der Waals surface area contributed by atoms with Crippen LogP contribution >= 0.6 is 11.6 Å². The van der Waals surface area contributed by atoms with Crippen molar-refractivity contribution in [2.45, 2.75) is 16.9 Å². The molecule has 1 aliphatic heterocycles. The van der Waals surface area contributed by atoms with E-state index < -0.39 is 21.5 Å². The van der Waals surface area contributed by atoms with Crippen molar-refractivity contribution in [1.29, 1.82) is 0 Å². The van der Waals surface area contributed by atoms with Crippen LogP contribution < -0.4 is 9.46 Å². The Balaban J connectivity index is 1.76. The third-order valence-corrected chi connectivity index (χ3v) is 5.75. The van der Waals surface area contributed by atoms with E-state index in [0.717, 1.165) is 0 Å². The molecule has 0 saturated carbocycles. The molecule has 0 amide bonds. The van der Waals surface area contributed by atoms with Gasteiger partial charge in [0.15, 0.2) is 5.54 Å². The second-order valence-electron chi connectivity index (χ2n) is 5.82. The van der Waals surface area contributed by atoms with Crippen LogP contribution in [-0.2, 0) is 19.6 Å². The van der Waals surface area contributed by atoms with Crippen molar-refractivity contribution in [3.63, 3.8) is 0 Å². The van der Waals surface area contributed by atoms with Gasteiger partial charge in [0.05, 0.1) is 11.5 Å². The molecule has 1 fully saturated rings. The van der Waals surface area contributed by atoms with E-state index in [1.807, 2.05) is 0 Å². The van der Waals surface area contributed by atoms with E-state index in [1.165, 1.54) is 24.3 Å². The molecule has 2 N–H and O–H groups in total. The molecule has 3 rings (SSSR count). The smallest absolute Gasteiger partial charge is 0.327 e. The van der Waals surface area contributed by atoms with Crippen molar-refractivity contribution in [2.24, 2.45) is 0 Å². The predicted molar refractivity (Wildman–Crippen MR) is 94.1 cm³/mol. The zero-order valence-electron chi connectivity index (χ0n) is 13.5. The van der Waals surface area contributed by atoms with Gasteiger partial charge in [-0.3, -0.25) is 4.79 Å². The van der Waals surface area contributed by atoms with E-state index in [9.17, 15) is 18.3 Å². The fraction of sp³-hybridized carbons (Fsp3) is 0.235. The lowest BCUT2D eigenvalue weighted by Crippen LogP contribution is -2.54. The average molecular weight is 398 g/mol. The van der Waals surface area contributed by atoms with Crippen LogP contribution in [0.2, 0.25) is 5.02 Å². The van der Waals surface area contributed by atoms with E-state index in [1.54, 1.807) is 24.3 Å². The van der Waals surface area contributed by atoms with Crippen molar-refractivity contribution < 1.29 is 27.8 Å². The fourth-order valence-electron chi connectivity index (χ4n) is 2.50. The first kappa shape index (κ1) is 18.7. The summed E-state index contributed by atoms with van der Waals surface area (Å²) in [4.78, 5) is 11.4. The zero-order valence-corrected chi connectivity index (χ0v) is 15.1. The van der Waals surface area contributed by atoms with Gasteiger partial charge in [-0.05, 0) is 48.5 Å². The SMILES string of the molecule is O=C(O)[C@]1(NS(=O)(=O)c2ccc(Oc3ccc(Cl)cc3)cc2)CCOC1. The van der Waals surface area contributed by atoms with Crippen molar-refractivity contribution >= 4 is 27.6 Å². The molecule has 0 aromatic heterocycles. The van der Waals surface area contributed by atoms with Crippen molar-refractivity contribution in [3.05, 3.63) is 53.6 Å². The number of benzene rings is 2. The number of rotatable bonds is 6. The third-order valence-electron chi connectivity index (χ3n) is 3.94. The molecule has 2 aromatic carbocycles. The summed E-state index contributed by atoms with van der Waals surface area (Å²) in [5.74, 6) is -0.277. The van der Waals surface area contributed by atoms with Crippen LogP contribution in [0, 0.1) is 0 Å². The summed E-state index contributed by atoms with van der Waals surface area (Å²) in [6, 6.07) is 12.4. The largest absolute Gasteiger partial charge is 0.480 e. The van der Waals surface area contributed by atoms with Crippen LogP contribution in [0.15, 0.2) is 53.4 Å². The Kier molecular flexibility index (Phi) is 5.19. The van der Waals surface area contributed by atoms with Gasteiger partial charge in [0, 0.05) is 18.1 Å². The summed E-state index contributed by atoms with van der Waals surface area (Å²) in [5, 5.41) is 9.94. The van der Waals surface area contributed by atoms with E-state index in [2.05, 4.69) is 4.72 Å². The van der Waals surface area contributed by atoms with Gasteiger partial charge in [-0.2, -0.15) is 4.72 Å². The predicted octanol–water partition coefficient (Wildman–Crippen LogP) is 2.65. The second-order valence-corrected chi connectivity index (χ2v) is 7.94. The molecule has 0 bridgehead atoms. The average Bonchev–Trinajstić information content (AvgIpc) is 3.07. The Morgan fingerprint density at radius 1 is 1.12 bits per heavy atom. The number of hydrogen-bond donors (Lipinski definition) is 2. The molecule has 0 aliphatic carbocycles. The molecule has 0 radical (unpaired) electrons. The van der Waals surface area contributed by atoms with Crippen molar-refractivity contribution in [3.8, 4) is 11.5 Å². The quantitative estimate of drug-likeness (QED) is 0.776. The standard InChI is InChI=1S/C17H16ClNO6S/c18-12-1-3-13(4-2-12)25-14-5-7-15(8-6-14)26(22,23)19-17(16(20)21)9-10-24-11-17/h1-8,19H,9-11H2,(H,20,21)/t17-/m0/s1. The van der Waals surface area contributed by atoms with Gasteiger partial charge in [-0.1, -0.05) is 11.6 Å². The molecular weight excluding hydrogens is 382 g/mol. The highest BCUT2D eigenvalue weighted by molar-refractivity contribution is 7.89. The van der Waals surface area contributed by atoms with E-state index in [-0.39, 0.29) is 24.5 Å². The first-order valence-electron chi connectivity index (χ1n) is 7.69. The number of sulfonamides is 1. The Morgan fingerprint density at radius 3 is 2.19 bits per heavy atom. The number of hydrogen-bond acceptors (Lipinski definition) is 5. The fourth-order valence-corrected chi connectivity index (χ4v) is 4.00. The summed E-state index contributed by atoms with van der Waals surface area (Å²) in [7, 11) is -4.03. The highest BCUT2D eigenvalue weighted by Crippen LogP contribution is 2.26. The molecule has 2 aromatic rings. The number of carbonyl (C=O) groups is 1. The molecule has 1 atom stereocenters. The number of ether oxygens (including phenoxy) is 2. The third kappa shape index (κ3) is 3.99. The lowest BCUT2D eigenvalue weighted by atomic mass is 10.0. The Labute approximate surface area is 155 Å². The van der Waals surface area contributed by atoms with Gasteiger partial charge in [0.2, 0.25) is 10.0 Å². The van der Waals surface area contributed by atoms with Crippen LogP contribution in [0.4, 0.5) is 0 Å². The lowest BCUT2D eigenvalue weighted by Gasteiger charge is -2.23. The minimum atomic E-state index is -4.03. The molecule has 7 nitrogen and oxygen atoms in total. The zero-order chi connectivity index (χ0) is 18.8. The molecule has 138 valence electrons. The van der Waals surface area contributed by atoms with Gasteiger partial charge >= 0.3 is 5.97 Å². The second kappa shape index (κ2) is 7.24. The van der Waals surface area contributed by atoms with E-state index in [0.29, 0.717) is 16.5 Å². The van der Waals surface area contributed by atoms with Crippen LogP contribution in [0.3, 0.4) is 0 Å². The van der Waals surface area contributed by atoms with Gasteiger partial charge in [0.25, 0.3) is 0 Å². The van der Waals surface area contributed by atoms with Crippen molar-refractivity contribution in [2.75, 3.05) is 13.2 Å². The van der Waals surface area contributed by atoms with E-state index >= 15 is 0 Å². The van der Waals surface area contributed by atoms with Gasteiger partial charge in [0.1, 0.15) is 11.5 Å². The minimum Gasteiger partial charge on any atom is -0.480 e. The minimum absolute atomic E-state index is 0.0616. The normalized spacial score (nSPS) is 20.0. The number of carboxylic acid groups (broad SMARTS) is 1. The first-order chi connectivity index (χ1) is 12.3. The summed E-state index contributed by atoms with van der Waals surface area (Å²) in [6.07, 6.45) is 0.0688. The van der Waals surface area contributed by atoms with Gasteiger partial charge < -0.3 is 14.6 Å². The Hall–Kier alpha value is -2.13. The Bertz CT molecular complexity index is 890. The number of halogens is 1. The molecule has 1 saturated heterocycles. The Morgan fingerprint density at radius 2 is 1.69 bits per heavy atom. The number of carboxylic acids is 1. The molecule has 9 heteroatoms. The van der Waals surface area contributed by atoms with Crippen LogP contribution in [0.1, 0.15) is 6.42 Å². The van der Waals surface area contributed by atoms with E-state index in [4.69, 9.17) is 21.1 Å². The van der Waals surface area contributed by atoms with Crippen molar-refractivity contribution in [1.82, 2.24) is 4.72 Å². The van der Waals surface area contributed by atoms with Gasteiger partial charge in [-0.25, -0.2) is 8.42 Å². The summed E-state index contributed by atoms with van der Waals surface area (Å²) < 4.78 is 38.0. The topological polar surface area (TPSA) is 102 Å². The van der Waals surface area contributed by atoms with Crippen LogP contribution in [-0.4, -0.2) is 38.2 Å². The summed E-state index contributed by atoms with van der Waals surface area (Å²) in [6.45, 7) is -0.0258. The maximum atomic E-state index is 12.5. The summed E-state index contributed by atoms with van der Waals surface area (Å²) >= 11 is 5.81. The first-order valence-corrected chi connectivity index (χ1v) is 9.55. The maximum Gasteiger partial charge on any atom is 0.327 e. The lowest BCUT2D eigenvalue weighted by molar-refractivity contribution is -0.144. The van der Waals surface area contributed by atoms with Crippen LogP contribution in [0.5, 0.6) is 11.5 Å². The molecule has 1 heterocycles. The molecular formula is C17H16ClNO6S. The molecule has 0 spiro atoms. The monoisotopic (exact) mass is 397 g/mol. The molecule has 1 aliphatic rings. The highest BCUT2D eigenvalue weighted by atomic mass is 35.5. The number of nitrogens with one attached hydrogen (secondary N) is 1. The summed E-state index contributed by atoms with van der Waals surface area (Å²) in [5.41, 5.74) is -1.64.